The van der Waals surface area contributed by atoms with Crippen LogP contribution in [0.15, 0.2) is 59.8 Å². The first-order chi connectivity index (χ1) is 11.6. The van der Waals surface area contributed by atoms with Crippen LogP contribution < -0.4 is 5.32 Å². The Labute approximate surface area is 140 Å². The van der Waals surface area contributed by atoms with Crippen molar-refractivity contribution in [2.75, 3.05) is 6.54 Å². The van der Waals surface area contributed by atoms with Gasteiger partial charge in [-0.05, 0) is 31.0 Å². The third kappa shape index (κ3) is 3.62. The number of oxime groups is 1. The number of nitrogens with zero attached hydrogens (tertiary/aromatic N) is 1. The number of amides is 1. The molecule has 1 N–H and O–H groups in total. The molecule has 2 aromatic rings. The zero-order valence-electron chi connectivity index (χ0n) is 13.5. The molecule has 1 aliphatic heterocycles. The fourth-order valence-corrected chi connectivity index (χ4v) is 2.64. The van der Waals surface area contributed by atoms with Gasteiger partial charge in [-0.3, -0.25) is 4.79 Å². The van der Waals surface area contributed by atoms with Crippen LogP contribution in [-0.4, -0.2) is 23.8 Å². The summed E-state index contributed by atoms with van der Waals surface area (Å²) in [5, 5.41) is 6.86. The van der Waals surface area contributed by atoms with Crippen LogP contribution in [0.4, 0.5) is 4.39 Å². The number of benzene rings is 2. The molecule has 0 saturated carbocycles. The molecule has 0 spiro atoms. The molecule has 1 atom stereocenters. The van der Waals surface area contributed by atoms with E-state index in [2.05, 4.69) is 10.5 Å². The second-order valence-electron chi connectivity index (χ2n) is 6.04. The number of carbonyl (C=O) groups excluding carboxylic acids is 1. The second-order valence-corrected chi connectivity index (χ2v) is 6.04. The average Bonchev–Trinajstić information content (AvgIpc) is 3.00. The van der Waals surface area contributed by atoms with E-state index in [4.69, 9.17) is 4.84 Å². The lowest BCUT2D eigenvalue weighted by Crippen LogP contribution is -2.45. The van der Waals surface area contributed by atoms with Crippen LogP contribution in [0, 0.1) is 5.82 Å². The zero-order chi connectivity index (χ0) is 17.0. The summed E-state index contributed by atoms with van der Waals surface area (Å²) >= 11 is 0. The molecule has 1 aliphatic rings. The molecule has 0 fully saturated rings. The standard InChI is InChI=1S/C19H19FN2O2/c1-19(18(23)21-11-10-14-6-3-2-4-7-14)13-17(22-24-19)15-8-5-9-16(20)12-15/h2-9,12H,10-11,13H2,1H3,(H,21,23)/t19-/m1/s1. The minimum absolute atomic E-state index is 0.214. The predicted molar refractivity (Wildman–Crippen MR) is 90.2 cm³/mol. The van der Waals surface area contributed by atoms with Crippen LogP contribution in [-0.2, 0) is 16.1 Å². The average molecular weight is 326 g/mol. The van der Waals surface area contributed by atoms with Gasteiger partial charge >= 0.3 is 0 Å². The molecule has 3 rings (SSSR count). The van der Waals surface area contributed by atoms with E-state index < -0.39 is 5.60 Å². The van der Waals surface area contributed by atoms with Crippen molar-refractivity contribution in [3.05, 3.63) is 71.5 Å². The lowest BCUT2D eigenvalue weighted by atomic mass is 9.95. The zero-order valence-corrected chi connectivity index (χ0v) is 13.5. The Morgan fingerprint density at radius 1 is 1.25 bits per heavy atom. The normalized spacial score (nSPS) is 19.5. The smallest absolute Gasteiger partial charge is 0.267 e. The van der Waals surface area contributed by atoms with Gasteiger partial charge in [0.15, 0.2) is 0 Å². The van der Waals surface area contributed by atoms with E-state index in [1.807, 2.05) is 30.3 Å². The number of rotatable bonds is 5. The summed E-state index contributed by atoms with van der Waals surface area (Å²) in [6.07, 6.45) is 1.06. The molecule has 0 radical (unpaired) electrons. The van der Waals surface area contributed by atoms with E-state index in [0.717, 1.165) is 12.0 Å². The highest BCUT2D eigenvalue weighted by atomic mass is 19.1. The molecule has 24 heavy (non-hydrogen) atoms. The first-order valence-electron chi connectivity index (χ1n) is 7.90. The monoisotopic (exact) mass is 326 g/mol. The van der Waals surface area contributed by atoms with Crippen LogP contribution in [0.2, 0.25) is 0 Å². The topological polar surface area (TPSA) is 50.7 Å². The Morgan fingerprint density at radius 3 is 2.79 bits per heavy atom. The van der Waals surface area contributed by atoms with E-state index in [1.54, 1.807) is 19.1 Å². The van der Waals surface area contributed by atoms with Crippen LogP contribution in [0.3, 0.4) is 0 Å². The second kappa shape index (κ2) is 6.83. The third-order valence-electron chi connectivity index (χ3n) is 4.04. The highest BCUT2D eigenvalue weighted by molar-refractivity contribution is 6.05. The maximum absolute atomic E-state index is 13.3. The van der Waals surface area contributed by atoms with Crippen LogP contribution in [0.1, 0.15) is 24.5 Å². The Kier molecular flexibility index (Phi) is 4.60. The van der Waals surface area contributed by atoms with Crippen molar-refractivity contribution in [1.82, 2.24) is 5.32 Å². The first kappa shape index (κ1) is 16.2. The predicted octanol–water partition coefficient (Wildman–Crippen LogP) is 3.07. The maximum atomic E-state index is 13.3. The summed E-state index contributed by atoms with van der Waals surface area (Å²) in [5.74, 6) is -0.551. The van der Waals surface area contributed by atoms with Crippen LogP contribution in [0.5, 0.6) is 0 Å². The summed E-state index contributed by atoms with van der Waals surface area (Å²) in [4.78, 5) is 17.8. The Balaban J connectivity index is 1.56. The molecule has 1 amide bonds. The van der Waals surface area contributed by atoms with Crippen molar-refractivity contribution >= 4 is 11.6 Å². The molecule has 2 aromatic carbocycles. The van der Waals surface area contributed by atoms with Gasteiger partial charge in [0.2, 0.25) is 5.60 Å². The third-order valence-corrected chi connectivity index (χ3v) is 4.04. The van der Waals surface area contributed by atoms with E-state index in [1.165, 1.54) is 12.1 Å². The van der Waals surface area contributed by atoms with Crippen molar-refractivity contribution in [2.45, 2.75) is 25.4 Å². The maximum Gasteiger partial charge on any atom is 0.267 e. The molecule has 0 aromatic heterocycles. The summed E-state index contributed by atoms with van der Waals surface area (Å²) in [5.41, 5.74) is 1.32. The minimum atomic E-state index is -1.06. The molecular formula is C19H19FN2O2. The summed E-state index contributed by atoms with van der Waals surface area (Å²) in [6.45, 7) is 2.22. The van der Waals surface area contributed by atoms with Gasteiger partial charge in [0.1, 0.15) is 5.82 Å². The summed E-state index contributed by atoms with van der Waals surface area (Å²) < 4.78 is 13.3. The van der Waals surface area contributed by atoms with E-state index in [9.17, 15) is 9.18 Å². The minimum Gasteiger partial charge on any atom is -0.379 e. The number of carbonyl (C=O) groups is 1. The van der Waals surface area contributed by atoms with Crippen molar-refractivity contribution in [3.63, 3.8) is 0 Å². The quantitative estimate of drug-likeness (QED) is 0.918. The van der Waals surface area contributed by atoms with Crippen molar-refractivity contribution < 1.29 is 14.0 Å². The van der Waals surface area contributed by atoms with Crippen molar-refractivity contribution in [1.29, 1.82) is 0 Å². The van der Waals surface area contributed by atoms with Gasteiger partial charge in [-0.2, -0.15) is 0 Å². The van der Waals surface area contributed by atoms with E-state index in [0.29, 0.717) is 24.2 Å². The summed E-state index contributed by atoms with van der Waals surface area (Å²) in [7, 11) is 0. The van der Waals surface area contributed by atoms with Crippen molar-refractivity contribution in [3.8, 4) is 0 Å². The lowest BCUT2D eigenvalue weighted by Gasteiger charge is -2.20. The van der Waals surface area contributed by atoms with E-state index >= 15 is 0 Å². The molecular weight excluding hydrogens is 307 g/mol. The number of hydrogen-bond donors (Lipinski definition) is 1. The van der Waals surface area contributed by atoms with Gasteiger partial charge in [-0.25, -0.2) is 4.39 Å². The van der Waals surface area contributed by atoms with E-state index in [-0.39, 0.29) is 11.7 Å². The largest absolute Gasteiger partial charge is 0.379 e. The fraction of sp³-hybridized carbons (Fsp3) is 0.263. The first-order valence-corrected chi connectivity index (χ1v) is 7.90. The fourth-order valence-electron chi connectivity index (χ4n) is 2.64. The highest BCUT2D eigenvalue weighted by Gasteiger charge is 2.42. The van der Waals surface area contributed by atoms with Gasteiger partial charge in [0.05, 0.1) is 5.71 Å². The van der Waals surface area contributed by atoms with Gasteiger partial charge in [0, 0.05) is 18.5 Å². The lowest BCUT2D eigenvalue weighted by molar-refractivity contribution is -0.141. The van der Waals surface area contributed by atoms with Gasteiger partial charge in [0.25, 0.3) is 5.91 Å². The molecule has 5 heteroatoms. The van der Waals surface area contributed by atoms with Gasteiger partial charge in [-0.1, -0.05) is 47.6 Å². The Morgan fingerprint density at radius 2 is 2.04 bits per heavy atom. The Hall–Kier alpha value is -2.69. The summed E-state index contributed by atoms with van der Waals surface area (Å²) in [6, 6.07) is 16.1. The van der Waals surface area contributed by atoms with Crippen LogP contribution in [0.25, 0.3) is 0 Å². The highest BCUT2D eigenvalue weighted by Crippen LogP contribution is 2.27. The Bertz CT molecular complexity index is 761. The molecule has 0 saturated heterocycles. The number of halogens is 1. The molecule has 0 aliphatic carbocycles. The molecule has 0 bridgehead atoms. The SMILES string of the molecule is C[C@]1(C(=O)NCCc2ccccc2)CC(c2cccc(F)c2)=NO1. The van der Waals surface area contributed by atoms with Crippen molar-refractivity contribution in [2.24, 2.45) is 5.16 Å². The number of nitrogens with one attached hydrogen (secondary N) is 1. The van der Waals surface area contributed by atoms with Gasteiger partial charge in [-0.15, -0.1) is 0 Å². The van der Waals surface area contributed by atoms with Crippen LogP contribution >= 0.6 is 0 Å². The molecule has 0 unspecified atom stereocenters. The molecule has 1 heterocycles. The molecule has 4 nitrogen and oxygen atoms in total. The molecule has 124 valence electrons. The van der Waals surface area contributed by atoms with Gasteiger partial charge < -0.3 is 10.2 Å². The number of hydrogen-bond acceptors (Lipinski definition) is 3.